The Labute approximate surface area is 131 Å². The SMILES string of the molecule is CN(C)c1cc(C(F)(F)F)nc(N2CCC(NC(N)=O)CC2)n1. The van der Waals surface area contributed by atoms with Crippen LogP contribution in [0.15, 0.2) is 6.07 Å². The Balaban J connectivity index is 2.19. The van der Waals surface area contributed by atoms with Crippen LogP contribution in [0.25, 0.3) is 0 Å². The lowest BCUT2D eigenvalue weighted by Gasteiger charge is -2.32. The van der Waals surface area contributed by atoms with Gasteiger partial charge in [0.15, 0.2) is 5.69 Å². The van der Waals surface area contributed by atoms with Crippen molar-refractivity contribution in [2.24, 2.45) is 5.73 Å². The first kappa shape index (κ1) is 17.1. The van der Waals surface area contributed by atoms with Crippen LogP contribution in [0.2, 0.25) is 0 Å². The number of urea groups is 1. The van der Waals surface area contributed by atoms with Gasteiger partial charge in [0.05, 0.1) is 0 Å². The Morgan fingerprint density at radius 2 is 1.96 bits per heavy atom. The highest BCUT2D eigenvalue weighted by Crippen LogP contribution is 2.31. The van der Waals surface area contributed by atoms with Crippen LogP contribution in [0.1, 0.15) is 18.5 Å². The largest absolute Gasteiger partial charge is 0.433 e. The average molecular weight is 332 g/mol. The van der Waals surface area contributed by atoms with E-state index in [0.29, 0.717) is 25.9 Å². The van der Waals surface area contributed by atoms with Crippen LogP contribution < -0.4 is 20.9 Å². The molecular formula is C13H19F3N6O. The van der Waals surface area contributed by atoms with Gasteiger partial charge in [0.1, 0.15) is 5.82 Å². The first-order chi connectivity index (χ1) is 10.7. The van der Waals surface area contributed by atoms with E-state index in [9.17, 15) is 18.0 Å². The molecule has 2 heterocycles. The molecule has 1 aliphatic rings. The minimum atomic E-state index is -4.53. The number of carbonyl (C=O) groups excluding carboxylic acids is 1. The number of aromatic nitrogens is 2. The first-order valence-corrected chi connectivity index (χ1v) is 7.11. The zero-order chi connectivity index (χ0) is 17.2. The van der Waals surface area contributed by atoms with E-state index in [0.717, 1.165) is 6.07 Å². The molecule has 1 saturated heterocycles. The van der Waals surface area contributed by atoms with Crippen LogP contribution in [0.4, 0.5) is 29.7 Å². The van der Waals surface area contributed by atoms with Crippen LogP contribution in [0.5, 0.6) is 0 Å². The molecule has 1 fully saturated rings. The topological polar surface area (TPSA) is 87.4 Å². The zero-order valence-corrected chi connectivity index (χ0v) is 12.9. The van der Waals surface area contributed by atoms with Gasteiger partial charge >= 0.3 is 12.2 Å². The number of alkyl halides is 3. The van der Waals surface area contributed by atoms with Crippen LogP contribution in [0.3, 0.4) is 0 Å². The van der Waals surface area contributed by atoms with Gasteiger partial charge < -0.3 is 20.9 Å². The second kappa shape index (κ2) is 6.47. The van der Waals surface area contributed by atoms with Crippen molar-refractivity contribution in [2.45, 2.75) is 25.1 Å². The van der Waals surface area contributed by atoms with Crippen molar-refractivity contribution in [2.75, 3.05) is 37.0 Å². The Hall–Kier alpha value is -2.26. The number of carbonyl (C=O) groups is 1. The quantitative estimate of drug-likeness (QED) is 0.868. The number of nitrogens with zero attached hydrogens (tertiary/aromatic N) is 4. The van der Waals surface area contributed by atoms with E-state index in [-0.39, 0.29) is 17.8 Å². The van der Waals surface area contributed by atoms with Gasteiger partial charge in [-0.2, -0.15) is 18.2 Å². The van der Waals surface area contributed by atoms with Gasteiger partial charge in [-0.1, -0.05) is 0 Å². The van der Waals surface area contributed by atoms with Crippen molar-refractivity contribution in [1.29, 1.82) is 0 Å². The molecule has 23 heavy (non-hydrogen) atoms. The summed E-state index contributed by atoms with van der Waals surface area (Å²) in [5.74, 6) is 0.237. The van der Waals surface area contributed by atoms with Gasteiger partial charge in [-0.25, -0.2) is 9.78 Å². The van der Waals surface area contributed by atoms with E-state index in [1.807, 2.05) is 0 Å². The molecule has 2 amide bonds. The van der Waals surface area contributed by atoms with Gasteiger partial charge in [0, 0.05) is 39.3 Å². The molecule has 3 N–H and O–H groups in total. The average Bonchev–Trinajstić information content (AvgIpc) is 2.46. The van der Waals surface area contributed by atoms with Gasteiger partial charge in [-0.05, 0) is 12.8 Å². The van der Waals surface area contributed by atoms with E-state index < -0.39 is 17.9 Å². The van der Waals surface area contributed by atoms with Crippen LogP contribution in [0, 0.1) is 0 Å². The summed E-state index contributed by atoms with van der Waals surface area (Å²) in [6.07, 6.45) is -3.39. The molecular weight excluding hydrogens is 313 g/mol. The molecule has 0 aromatic carbocycles. The highest BCUT2D eigenvalue weighted by molar-refractivity contribution is 5.72. The maximum Gasteiger partial charge on any atom is 0.433 e. The third-order valence-electron chi connectivity index (χ3n) is 3.57. The fourth-order valence-corrected chi connectivity index (χ4v) is 2.36. The molecule has 0 bridgehead atoms. The molecule has 2 rings (SSSR count). The molecule has 1 aliphatic heterocycles. The first-order valence-electron chi connectivity index (χ1n) is 7.11. The van der Waals surface area contributed by atoms with E-state index in [4.69, 9.17) is 5.73 Å². The number of hydrogen-bond donors (Lipinski definition) is 2. The molecule has 0 aliphatic carbocycles. The van der Waals surface area contributed by atoms with E-state index in [1.165, 1.54) is 4.90 Å². The standard InChI is InChI=1S/C13H19F3N6O/c1-21(2)10-7-9(13(14,15)16)19-12(20-10)22-5-3-8(4-6-22)18-11(17)23/h7-8H,3-6H2,1-2H3,(H3,17,18,23). The number of piperidine rings is 1. The minimum Gasteiger partial charge on any atom is -0.363 e. The predicted molar refractivity (Wildman–Crippen MR) is 79.3 cm³/mol. The molecule has 7 nitrogen and oxygen atoms in total. The maximum absolute atomic E-state index is 13.0. The number of anilines is 2. The zero-order valence-electron chi connectivity index (χ0n) is 12.9. The van der Waals surface area contributed by atoms with Crippen molar-refractivity contribution >= 4 is 17.8 Å². The number of nitrogens with two attached hydrogens (primary N) is 1. The molecule has 0 radical (unpaired) electrons. The highest BCUT2D eigenvalue weighted by atomic mass is 19.4. The third-order valence-corrected chi connectivity index (χ3v) is 3.57. The third kappa shape index (κ3) is 4.36. The summed E-state index contributed by atoms with van der Waals surface area (Å²) in [5, 5.41) is 2.60. The Bertz CT molecular complexity index is 569. The summed E-state index contributed by atoms with van der Waals surface area (Å²) in [5.41, 5.74) is 4.10. The smallest absolute Gasteiger partial charge is 0.363 e. The number of hydrogen-bond acceptors (Lipinski definition) is 5. The number of amides is 2. The maximum atomic E-state index is 13.0. The molecule has 1 aromatic rings. The van der Waals surface area contributed by atoms with Crippen molar-refractivity contribution < 1.29 is 18.0 Å². The molecule has 10 heteroatoms. The lowest BCUT2D eigenvalue weighted by Crippen LogP contribution is -2.46. The molecule has 0 spiro atoms. The predicted octanol–water partition coefficient (Wildman–Crippen LogP) is 1.20. The second-order valence-corrected chi connectivity index (χ2v) is 5.57. The number of nitrogens with one attached hydrogen (secondary N) is 1. The normalized spacial score (nSPS) is 16.3. The van der Waals surface area contributed by atoms with E-state index >= 15 is 0 Å². The van der Waals surface area contributed by atoms with Crippen molar-refractivity contribution in [1.82, 2.24) is 15.3 Å². The van der Waals surface area contributed by atoms with Gasteiger partial charge in [0.25, 0.3) is 0 Å². The van der Waals surface area contributed by atoms with Crippen molar-refractivity contribution in [3.8, 4) is 0 Å². The number of halogens is 3. The van der Waals surface area contributed by atoms with Crippen LogP contribution in [-0.4, -0.2) is 49.2 Å². The molecule has 0 atom stereocenters. The Morgan fingerprint density at radius 1 is 1.35 bits per heavy atom. The summed E-state index contributed by atoms with van der Waals surface area (Å²) < 4.78 is 39.0. The molecule has 1 aromatic heterocycles. The summed E-state index contributed by atoms with van der Waals surface area (Å²) in [4.78, 5) is 21.9. The number of primary amides is 1. The number of rotatable bonds is 3. The van der Waals surface area contributed by atoms with Crippen molar-refractivity contribution in [3.63, 3.8) is 0 Å². The monoisotopic (exact) mass is 332 g/mol. The fourth-order valence-electron chi connectivity index (χ4n) is 2.36. The van der Waals surface area contributed by atoms with E-state index in [1.54, 1.807) is 19.0 Å². The van der Waals surface area contributed by atoms with Gasteiger partial charge in [-0.15, -0.1) is 0 Å². The Morgan fingerprint density at radius 3 is 2.43 bits per heavy atom. The van der Waals surface area contributed by atoms with Gasteiger partial charge in [-0.3, -0.25) is 0 Å². The summed E-state index contributed by atoms with van der Waals surface area (Å²) in [6, 6.07) is 0.238. The molecule has 0 saturated carbocycles. The summed E-state index contributed by atoms with van der Waals surface area (Å²) in [7, 11) is 3.24. The van der Waals surface area contributed by atoms with E-state index in [2.05, 4.69) is 15.3 Å². The lowest BCUT2D eigenvalue weighted by atomic mass is 10.1. The van der Waals surface area contributed by atoms with Crippen molar-refractivity contribution in [3.05, 3.63) is 11.8 Å². The lowest BCUT2D eigenvalue weighted by molar-refractivity contribution is -0.141. The highest BCUT2D eigenvalue weighted by Gasteiger charge is 2.35. The fraction of sp³-hybridized carbons (Fsp3) is 0.615. The summed E-state index contributed by atoms with van der Waals surface area (Å²) in [6.45, 7) is 0.887. The van der Waals surface area contributed by atoms with Crippen LogP contribution >= 0.6 is 0 Å². The Kier molecular flexibility index (Phi) is 4.81. The van der Waals surface area contributed by atoms with Crippen LogP contribution in [-0.2, 0) is 6.18 Å². The van der Waals surface area contributed by atoms with Gasteiger partial charge in [0.2, 0.25) is 5.95 Å². The summed E-state index contributed by atoms with van der Waals surface area (Å²) >= 11 is 0. The molecule has 0 unspecified atom stereocenters. The minimum absolute atomic E-state index is 0.0426. The second-order valence-electron chi connectivity index (χ2n) is 5.57. The molecule has 128 valence electrons.